The van der Waals surface area contributed by atoms with Gasteiger partial charge in [-0.15, -0.1) is 0 Å². The number of imidazole rings is 1. The summed E-state index contributed by atoms with van der Waals surface area (Å²) in [6, 6.07) is 0. The summed E-state index contributed by atoms with van der Waals surface area (Å²) in [6.07, 6.45) is 3.91. The summed E-state index contributed by atoms with van der Waals surface area (Å²) >= 11 is 0. The van der Waals surface area contributed by atoms with Crippen LogP contribution in [0.25, 0.3) is 0 Å². The number of rotatable bonds is 7. The Morgan fingerprint density at radius 1 is 1.50 bits per heavy atom. The molecule has 0 amide bonds. The zero-order valence-electron chi connectivity index (χ0n) is 8.99. The molecule has 1 rings (SSSR count). The quantitative estimate of drug-likeness (QED) is 0.664. The van der Waals surface area contributed by atoms with E-state index in [1.807, 2.05) is 13.3 Å². The van der Waals surface area contributed by atoms with Crippen molar-refractivity contribution < 1.29 is 4.74 Å². The van der Waals surface area contributed by atoms with E-state index >= 15 is 0 Å². The van der Waals surface area contributed by atoms with Gasteiger partial charge < -0.3 is 14.6 Å². The van der Waals surface area contributed by atoms with Gasteiger partial charge in [-0.2, -0.15) is 0 Å². The lowest BCUT2D eigenvalue weighted by molar-refractivity contribution is 0.139. The highest BCUT2D eigenvalue weighted by Gasteiger charge is 1.97. The maximum absolute atomic E-state index is 5.26. The van der Waals surface area contributed by atoms with E-state index in [1.165, 1.54) is 0 Å². The SMILES string of the molecule is CCNCc1cn(CCOCC)cn1. The molecule has 0 unspecified atom stereocenters. The van der Waals surface area contributed by atoms with Gasteiger partial charge in [0.1, 0.15) is 0 Å². The summed E-state index contributed by atoms with van der Waals surface area (Å²) in [4.78, 5) is 4.28. The minimum absolute atomic E-state index is 0.757. The molecule has 1 aromatic heterocycles. The number of nitrogens with zero attached hydrogens (tertiary/aromatic N) is 2. The molecule has 0 aromatic carbocycles. The van der Waals surface area contributed by atoms with Crippen LogP contribution in [0.3, 0.4) is 0 Å². The fourth-order valence-electron chi connectivity index (χ4n) is 1.19. The highest BCUT2D eigenvalue weighted by atomic mass is 16.5. The van der Waals surface area contributed by atoms with Gasteiger partial charge in [0.15, 0.2) is 0 Å². The lowest BCUT2D eigenvalue weighted by Crippen LogP contribution is -2.11. The van der Waals surface area contributed by atoms with Gasteiger partial charge >= 0.3 is 0 Å². The highest BCUT2D eigenvalue weighted by Crippen LogP contribution is 1.95. The van der Waals surface area contributed by atoms with Crippen molar-refractivity contribution in [1.82, 2.24) is 14.9 Å². The van der Waals surface area contributed by atoms with Gasteiger partial charge in [0.2, 0.25) is 0 Å². The Morgan fingerprint density at radius 2 is 2.36 bits per heavy atom. The summed E-state index contributed by atoms with van der Waals surface area (Å²) in [6.45, 7) is 8.33. The van der Waals surface area contributed by atoms with Crippen molar-refractivity contribution in [2.75, 3.05) is 19.8 Å². The van der Waals surface area contributed by atoms with Crippen molar-refractivity contribution >= 4 is 0 Å². The standard InChI is InChI=1S/C10H19N3O/c1-3-11-7-10-8-13(9-12-10)5-6-14-4-2/h8-9,11H,3-7H2,1-2H3. The van der Waals surface area contributed by atoms with E-state index in [0.29, 0.717) is 0 Å². The molecule has 4 heteroatoms. The summed E-state index contributed by atoms with van der Waals surface area (Å²) < 4.78 is 7.32. The predicted octanol–water partition coefficient (Wildman–Crippen LogP) is 1.03. The normalized spacial score (nSPS) is 10.7. The lowest BCUT2D eigenvalue weighted by atomic mass is 10.4. The Balaban J connectivity index is 2.27. The molecular weight excluding hydrogens is 178 g/mol. The molecule has 0 bridgehead atoms. The van der Waals surface area contributed by atoms with Crippen LogP contribution in [0.15, 0.2) is 12.5 Å². The Kier molecular flexibility index (Phi) is 5.25. The van der Waals surface area contributed by atoms with Crippen LogP contribution in [-0.4, -0.2) is 29.3 Å². The molecule has 0 saturated carbocycles. The second-order valence-electron chi connectivity index (χ2n) is 3.08. The molecular formula is C10H19N3O. The van der Waals surface area contributed by atoms with Gasteiger partial charge in [0.25, 0.3) is 0 Å². The van der Waals surface area contributed by atoms with Gasteiger partial charge in [-0.25, -0.2) is 4.98 Å². The Hall–Kier alpha value is -0.870. The van der Waals surface area contributed by atoms with Gasteiger partial charge in [-0.05, 0) is 13.5 Å². The molecule has 0 radical (unpaired) electrons. The van der Waals surface area contributed by atoms with Crippen LogP contribution in [0.1, 0.15) is 19.5 Å². The molecule has 0 saturated heterocycles. The third kappa shape index (κ3) is 3.89. The van der Waals surface area contributed by atoms with Crippen LogP contribution < -0.4 is 5.32 Å². The number of ether oxygens (including phenoxy) is 1. The van der Waals surface area contributed by atoms with E-state index < -0.39 is 0 Å². The average molecular weight is 197 g/mol. The zero-order chi connectivity index (χ0) is 10.2. The molecule has 14 heavy (non-hydrogen) atoms. The van der Waals surface area contributed by atoms with Gasteiger partial charge in [-0.3, -0.25) is 0 Å². The van der Waals surface area contributed by atoms with Crippen molar-refractivity contribution in [3.8, 4) is 0 Å². The van der Waals surface area contributed by atoms with Crippen molar-refractivity contribution in [1.29, 1.82) is 0 Å². The predicted molar refractivity (Wildman–Crippen MR) is 56.1 cm³/mol. The van der Waals surface area contributed by atoms with Gasteiger partial charge in [0.05, 0.1) is 18.6 Å². The van der Waals surface area contributed by atoms with E-state index in [2.05, 4.69) is 28.0 Å². The molecule has 0 atom stereocenters. The van der Waals surface area contributed by atoms with Crippen molar-refractivity contribution in [2.45, 2.75) is 26.9 Å². The van der Waals surface area contributed by atoms with E-state index in [9.17, 15) is 0 Å². The third-order valence-corrected chi connectivity index (χ3v) is 1.94. The number of aromatic nitrogens is 2. The van der Waals surface area contributed by atoms with Crippen molar-refractivity contribution in [3.63, 3.8) is 0 Å². The molecule has 0 aliphatic carbocycles. The topological polar surface area (TPSA) is 39.1 Å². The fraction of sp³-hybridized carbons (Fsp3) is 0.700. The molecule has 0 spiro atoms. The van der Waals surface area contributed by atoms with E-state index in [-0.39, 0.29) is 0 Å². The summed E-state index contributed by atoms with van der Waals surface area (Å²) in [5, 5.41) is 3.24. The monoisotopic (exact) mass is 197 g/mol. The Labute approximate surface area is 85.3 Å². The molecule has 1 aromatic rings. The smallest absolute Gasteiger partial charge is 0.0950 e. The number of hydrogen-bond donors (Lipinski definition) is 1. The average Bonchev–Trinajstić information content (AvgIpc) is 2.63. The number of hydrogen-bond acceptors (Lipinski definition) is 3. The molecule has 1 heterocycles. The minimum Gasteiger partial charge on any atom is -0.380 e. The molecule has 80 valence electrons. The first-order chi connectivity index (χ1) is 6.86. The maximum Gasteiger partial charge on any atom is 0.0950 e. The second kappa shape index (κ2) is 6.56. The van der Waals surface area contributed by atoms with Crippen LogP contribution in [0.2, 0.25) is 0 Å². The minimum atomic E-state index is 0.757. The van der Waals surface area contributed by atoms with Gasteiger partial charge in [-0.1, -0.05) is 6.92 Å². The third-order valence-electron chi connectivity index (χ3n) is 1.94. The van der Waals surface area contributed by atoms with Gasteiger partial charge in [0, 0.05) is 25.9 Å². The fourth-order valence-corrected chi connectivity index (χ4v) is 1.19. The Morgan fingerprint density at radius 3 is 3.07 bits per heavy atom. The van der Waals surface area contributed by atoms with Crippen LogP contribution in [-0.2, 0) is 17.8 Å². The molecule has 0 aliphatic rings. The van der Waals surface area contributed by atoms with Crippen LogP contribution in [0.5, 0.6) is 0 Å². The second-order valence-corrected chi connectivity index (χ2v) is 3.08. The molecule has 4 nitrogen and oxygen atoms in total. The molecule has 0 aliphatic heterocycles. The van der Waals surface area contributed by atoms with Crippen molar-refractivity contribution in [2.24, 2.45) is 0 Å². The molecule has 0 fully saturated rings. The summed E-state index contributed by atoms with van der Waals surface area (Å²) in [5.41, 5.74) is 1.09. The van der Waals surface area contributed by atoms with E-state index in [4.69, 9.17) is 4.74 Å². The number of nitrogens with one attached hydrogen (secondary N) is 1. The van der Waals surface area contributed by atoms with Crippen LogP contribution in [0.4, 0.5) is 0 Å². The van der Waals surface area contributed by atoms with Crippen molar-refractivity contribution in [3.05, 3.63) is 18.2 Å². The first-order valence-electron chi connectivity index (χ1n) is 5.16. The Bertz CT molecular complexity index is 247. The van der Waals surface area contributed by atoms with E-state index in [0.717, 1.165) is 38.5 Å². The lowest BCUT2D eigenvalue weighted by Gasteiger charge is -2.01. The van der Waals surface area contributed by atoms with E-state index in [1.54, 1.807) is 0 Å². The van der Waals surface area contributed by atoms with Crippen LogP contribution in [0, 0.1) is 0 Å². The largest absolute Gasteiger partial charge is 0.380 e. The first kappa shape index (κ1) is 11.2. The maximum atomic E-state index is 5.26. The summed E-state index contributed by atoms with van der Waals surface area (Å²) in [5.74, 6) is 0. The summed E-state index contributed by atoms with van der Waals surface area (Å²) in [7, 11) is 0. The zero-order valence-corrected chi connectivity index (χ0v) is 8.99. The van der Waals surface area contributed by atoms with Crippen LogP contribution >= 0.6 is 0 Å². The highest BCUT2D eigenvalue weighted by molar-refractivity contribution is 4.95. The molecule has 1 N–H and O–H groups in total. The first-order valence-corrected chi connectivity index (χ1v) is 5.16.